The molecule has 1 saturated heterocycles. The Kier molecular flexibility index (Phi) is 7.44. The number of hydrogen-bond acceptors (Lipinski definition) is 3. The molecule has 0 spiro atoms. The monoisotopic (exact) mass is 264 g/mol. The fraction of sp³-hybridized carbons (Fsp3) is 1.00. The van der Waals surface area contributed by atoms with E-state index >= 15 is 0 Å². The number of ether oxygens (including phenoxy) is 1. The van der Waals surface area contributed by atoms with E-state index in [1.807, 2.05) is 0 Å². The topological polar surface area (TPSA) is 49.7 Å². The van der Waals surface area contributed by atoms with Gasteiger partial charge in [0.2, 0.25) is 0 Å². The van der Waals surface area contributed by atoms with Crippen molar-refractivity contribution in [1.29, 1.82) is 0 Å². The van der Waals surface area contributed by atoms with Gasteiger partial charge in [0.05, 0.1) is 18.3 Å². The maximum atomic E-state index is 9.84. The van der Waals surface area contributed by atoms with Crippen LogP contribution in [0.4, 0.5) is 0 Å². The van der Waals surface area contributed by atoms with Crippen LogP contribution in [-0.4, -0.2) is 40.5 Å². The van der Waals surface area contributed by atoms with E-state index in [0.29, 0.717) is 12.3 Å². The molecule has 0 aromatic rings. The molecule has 0 amide bonds. The molecule has 1 fully saturated rings. The van der Waals surface area contributed by atoms with Crippen LogP contribution in [0.25, 0.3) is 0 Å². The molecule has 0 radical (unpaired) electrons. The summed E-state index contributed by atoms with van der Waals surface area (Å²) < 4.78 is 5.68. The summed E-state index contributed by atoms with van der Waals surface area (Å²) >= 11 is 5.74. The number of unbranched alkanes of at least 4 members (excludes halogenated alkanes) is 4. The summed E-state index contributed by atoms with van der Waals surface area (Å²) in [4.78, 5) is 0. The molecule has 0 aromatic carbocycles. The van der Waals surface area contributed by atoms with Crippen LogP contribution in [0.3, 0.4) is 0 Å². The van der Waals surface area contributed by atoms with Gasteiger partial charge in [0.15, 0.2) is 0 Å². The molecule has 0 aromatic heterocycles. The van der Waals surface area contributed by atoms with E-state index in [0.717, 1.165) is 12.8 Å². The number of halogens is 1. The molecule has 0 saturated carbocycles. The van der Waals surface area contributed by atoms with Crippen LogP contribution in [0, 0.1) is 0 Å². The lowest BCUT2D eigenvalue weighted by Gasteiger charge is -2.36. The second-order valence-electron chi connectivity index (χ2n) is 4.95. The van der Waals surface area contributed by atoms with Gasteiger partial charge in [-0.25, -0.2) is 0 Å². The minimum atomic E-state index is -0.749. The van der Waals surface area contributed by atoms with E-state index in [1.54, 1.807) is 0 Å². The summed E-state index contributed by atoms with van der Waals surface area (Å²) in [6, 6.07) is 0. The zero-order valence-corrected chi connectivity index (χ0v) is 11.4. The Morgan fingerprint density at radius 1 is 1.18 bits per heavy atom. The van der Waals surface area contributed by atoms with Gasteiger partial charge in [-0.15, -0.1) is 11.6 Å². The summed E-state index contributed by atoms with van der Waals surface area (Å²) in [5.41, 5.74) is 0. The molecule has 102 valence electrons. The summed E-state index contributed by atoms with van der Waals surface area (Å²) in [6.45, 7) is 2.19. The molecule has 3 nitrogen and oxygen atoms in total. The average molecular weight is 265 g/mol. The molecule has 1 aliphatic rings. The van der Waals surface area contributed by atoms with Gasteiger partial charge in [0.1, 0.15) is 6.10 Å². The van der Waals surface area contributed by atoms with E-state index in [4.69, 9.17) is 16.3 Å². The van der Waals surface area contributed by atoms with Crippen molar-refractivity contribution in [3.05, 3.63) is 0 Å². The molecule has 17 heavy (non-hydrogen) atoms. The average Bonchev–Trinajstić information content (AvgIpc) is 2.33. The van der Waals surface area contributed by atoms with E-state index in [-0.39, 0.29) is 12.2 Å². The first-order valence-electron chi connectivity index (χ1n) is 6.76. The van der Waals surface area contributed by atoms with Gasteiger partial charge in [-0.1, -0.05) is 39.0 Å². The van der Waals surface area contributed by atoms with E-state index in [1.165, 1.54) is 25.7 Å². The van der Waals surface area contributed by atoms with E-state index in [2.05, 4.69) is 6.92 Å². The van der Waals surface area contributed by atoms with Gasteiger partial charge in [-0.05, 0) is 6.42 Å². The number of aliphatic hydroxyl groups is 2. The summed E-state index contributed by atoms with van der Waals surface area (Å²) in [5, 5.41) is 19.5. The number of hydrogen-bond donors (Lipinski definition) is 2. The van der Waals surface area contributed by atoms with Crippen LogP contribution >= 0.6 is 11.6 Å². The molecule has 0 bridgehead atoms. The Balaban J connectivity index is 2.24. The lowest BCUT2D eigenvalue weighted by molar-refractivity contribution is -0.164. The van der Waals surface area contributed by atoms with Crippen molar-refractivity contribution in [3.63, 3.8) is 0 Å². The zero-order valence-electron chi connectivity index (χ0n) is 10.6. The predicted octanol–water partition coefficient (Wildman–Crippen LogP) is 2.47. The molecule has 4 heteroatoms. The van der Waals surface area contributed by atoms with Gasteiger partial charge in [0, 0.05) is 12.3 Å². The fourth-order valence-corrected chi connectivity index (χ4v) is 2.53. The quantitative estimate of drug-likeness (QED) is 0.549. The van der Waals surface area contributed by atoms with Crippen molar-refractivity contribution in [3.8, 4) is 0 Å². The smallest absolute Gasteiger partial charge is 0.106 e. The normalized spacial score (nSPS) is 33.9. The third-order valence-corrected chi connectivity index (χ3v) is 3.76. The van der Waals surface area contributed by atoms with Crippen molar-refractivity contribution in [2.45, 2.75) is 76.3 Å². The second kappa shape index (κ2) is 8.30. The molecular weight excluding hydrogens is 240 g/mol. The number of rotatable bonds is 7. The van der Waals surface area contributed by atoms with Crippen molar-refractivity contribution in [2.24, 2.45) is 0 Å². The standard InChI is InChI=1S/C13H25ClO3/c1-2-3-4-5-6-7-12-13(16)11(15)8-10(9-14)17-12/h10-13,15-16H,2-9H2,1H3/t10-,11+,12-,13+/m0/s1. The minimum Gasteiger partial charge on any atom is -0.390 e. The predicted molar refractivity (Wildman–Crippen MR) is 69.4 cm³/mol. The van der Waals surface area contributed by atoms with Crippen LogP contribution in [0.1, 0.15) is 51.9 Å². The molecule has 2 N–H and O–H groups in total. The van der Waals surface area contributed by atoms with Crippen LogP contribution in [0.5, 0.6) is 0 Å². The third kappa shape index (κ3) is 5.12. The Bertz CT molecular complexity index is 201. The van der Waals surface area contributed by atoms with Crippen molar-refractivity contribution < 1.29 is 14.9 Å². The first kappa shape index (κ1) is 15.2. The highest BCUT2D eigenvalue weighted by Gasteiger charge is 2.35. The first-order valence-corrected chi connectivity index (χ1v) is 7.30. The van der Waals surface area contributed by atoms with Crippen LogP contribution in [0.15, 0.2) is 0 Å². The second-order valence-corrected chi connectivity index (χ2v) is 5.26. The van der Waals surface area contributed by atoms with Gasteiger partial charge >= 0.3 is 0 Å². The zero-order chi connectivity index (χ0) is 12.7. The van der Waals surface area contributed by atoms with Crippen molar-refractivity contribution in [2.75, 3.05) is 5.88 Å². The van der Waals surface area contributed by atoms with E-state index in [9.17, 15) is 10.2 Å². The molecule has 4 atom stereocenters. The summed E-state index contributed by atoms with van der Waals surface area (Å²) in [5.74, 6) is 0.385. The first-order chi connectivity index (χ1) is 8.19. The maximum Gasteiger partial charge on any atom is 0.106 e. The van der Waals surface area contributed by atoms with Gasteiger partial charge < -0.3 is 14.9 Å². The maximum absolute atomic E-state index is 9.84. The number of alkyl halides is 1. The fourth-order valence-electron chi connectivity index (χ4n) is 2.33. The molecular formula is C13H25ClO3. The van der Waals surface area contributed by atoms with Crippen LogP contribution in [-0.2, 0) is 4.74 Å². The third-order valence-electron chi connectivity index (χ3n) is 3.41. The van der Waals surface area contributed by atoms with Crippen LogP contribution < -0.4 is 0 Å². The van der Waals surface area contributed by atoms with Crippen LogP contribution in [0.2, 0.25) is 0 Å². The molecule has 1 aliphatic heterocycles. The Morgan fingerprint density at radius 2 is 1.88 bits per heavy atom. The lowest BCUT2D eigenvalue weighted by atomic mass is 9.94. The Morgan fingerprint density at radius 3 is 2.53 bits per heavy atom. The highest BCUT2D eigenvalue weighted by atomic mass is 35.5. The van der Waals surface area contributed by atoms with Gasteiger partial charge in [-0.2, -0.15) is 0 Å². The SMILES string of the molecule is CCCCCCC[C@@H]1O[C@H](CCl)C[C@@H](O)[C@H]1O. The molecule has 1 heterocycles. The van der Waals surface area contributed by atoms with E-state index < -0.39 is 12.2 Å². The summed E-state index contributed by atoms with van der Waals surface area (Å²) in [7, 11) is 0. The highest BCUT2D eigenvalue weighted by molar-refractivity contribution is 6.18. The van der Waals surface area contributed by atoms with Crippen molar-refractivity contribution >= 4 is 11.6 Å². The lowest BCUT2D eigenvalue weighted by Crippen LogP contribution is -2.48. The minimum absolute atomic E-state index is 0.115. The molecule has 1 rings (SSSR count). The Labute approximate surface area is 109 Å². The van der Waals surface area contributed by atoms with Gasteiger partial charge in [0.25, 0.3) is 0 Å². The van der Waals surface area contributed by atoms with Crippen molar-refractivity contribution in [1.82, 2.24) is 0 Å². The Hall–Kier alpha value is 0.170. The molecule has 0 unspecified atom stereocenters. The number of aliphatic hydroxyl groups excluding tert-OH is 2. The largest absolute Gasteiger partial charge is 0.390 e. The van der Waals surface area contributed by atoms with Gasteiger partial charge in [-0.3, -0.25) is 0 Å². The highest BCUT2D eigenvalue weighted by Crippen LogP contribution is 2.25. The summed E-state index contributed by atoms with van der Waals surface area (Å²) in [6.07, 6.45) is 5.41. The molecule has 0 aliphatic carbocycles.